The van der Waals surface area contributed by atoms with E-state index in [-0.39, 0.29) is 17.9 Å². The Morgan fingerprint density at radius 1 is 1.43 bits per heavy atom. The second-order valence-electron chi connectivity index (χ2n) is 6.40. The van der Waals surface area contributed by atoms with E-state index in [0.29, 0.717) is 18.0 Å². The largest absolute Gasteiger partial charge is 0.396 e. The molecule has 116 valence electrons. The number of nitrogens with zero attached hydrogens (tertiary/aromatic N) is 1. The quantitative estimate of drug-likeness (QED) is 0.811. The van der Waals surface area contributed by atoms with Crippen molar-refractivity contribution in [3.63, 3.8) is 0 Å². The maximum absolute atomic E-state index is 12.3. The number of carbonyl (C=O) groups excluding carboxylic acids is 1. The fourth-order valence-electron chi connectivity index (χ4n) is 2.52. The van der Waals surface area contributed by atoms with E-state index in [1.54, 1.807) is 0 Å². The molecule has 4 heteroatoms. The van der Waals surface area contributed by atoms with E-state index < -0.39 is 0 Å². The van der Waals surface area contributed by atoms with Crippen LogP contribution in [0, 0.1) is 5.41 Å². The molecule has 4 nitrogen and oxygen atoms in total. The summed E-state index contributed by atoms with van der Waals surface area (Å²) in [7, 11) is 0. The van der Waals surface area contributed by atoms with Gasteiger partial charge in [-0.15, -0.1) is 0 Å². The number of pyridine rings is 1. The molecule has 0 spiro atoms. The van der Waals surface area contributed by atoms with Crippen LogP contribution < -0.4 is 5.32 Å². The van der Waals surface area contributed by atoms with Gasteiger partial charge in [-0.3, -0.25) is 9.78 Å². The lowest BCUT2D eigenvalue weighted by Crippen LogP contribution is -2.28. The van der Waals surface area contributed by atoms with E-state index in [0.717, 1.165) is 37.1 Å². The third-order valence-electron chi connectivity index (χ3n) is 4.40. The van der Waals surface area contributed by atoms with Gasteiger partial charge in [0.05, 0.1) is 11.3 Å². The van der Waals surface area contributed by atoms with Gasteiger partial charge in [-0.1, -0.05) is 20.8 Å². The van der Waals surface area contributed by atoms with Gasteiger partial charge < -0.3 is 10.4 Å². The molecule has 2 N–H and O–H groups in total. The first-order valence-corrected chi connectivity index (χ1v) is 7.90. The Morgan fingerprint density at radius 2 is 2.14 bits per heavy atom. The van der Waals surface area contributed by atoms with Crippen LogP contribution in [-0.4, -0.2) is 29.1 Å². The zero-order chi connectivity index (χ0) is 15.5. The normalized spacial score (nSPS) is 16.0. The third kappa shape index (κ3) is 3.82. The number of carbonyl (C=O) groups is 1. The second-order valence-corrected chi connectivity index (χ2v) is 6.40. The Hall–Kier alpha value is -1.42. The van der Waals surface area contributed by atoms with Gasteiger partial charge >= 0.3 is 0 Å². The standard InChI is InChI=1S/C17H26N2O2/c1-4-14-13(5-6-15(19-14)12(2)3)16(21)18-10-9-17(11-20)7-8-17/h5-6,12,20H,4,7-11H2,1-3H3,(H,18,21). The van der Waals surface area contributed by atoms with Crippen molar-refractivity contribution < 1.29 is 9.90 Å². The molecule has 0 unspecified atom stereocenters. The Morgan fingerprint density at radius 3 is 2.67 bits per heavy atom. The van der Waals surface area contributed by atoms with Gasteiger partial charge in [-0.2, -0.15) is 0 Å². The van der Waals surface area contributed by atoms with Crippen LogP contribution in [0.1, 0.15) is 67.7 Å². The molecule has 1 aliphatic carbocycles. The highest BCUT2D eigenvalue weighted by molar-refractivity contribution is 5.95. The zero-order valence-corrected chi connectivity index (χ0v) is 13.3. The van der Waals surface area contributed by atoms with E-state index in [1.165, 1.54) is 0 Å². The lowest BCUT2D eigenvalue weighted by molar-refractivity contribution is 0.0945. The summed E-state index contributed by atoms with van der Waals surface area (Å²) in [6.45, 7) is 7.08. The zero-order valence-electron chi connectivity index (χ0n) is 13.3. The van der Waals surface area contributed by atoms with Crippen LogP contribution >= 0.6 is 0 Å². The van der Waals surface area contributed by atoms with Crippen molar-refractivity contribution in [2.24, 2.45) is 5.41 Å². The van der Waals surface area contributed by atoms with Gasteiger partial charge in [-0.25, -0.2) is 0 Å². The fourth-order valence-corrected chi connectivity index (χ4v) is 2.52. The topological polar surface area (TPSA) is 62.2 Å². The summed E-state index contributed by atoms with van der Waals surface area (Å²) in [5.74, 6) is 0.315. The van der Waals surface area contributed by atoms with E-state index in [2.05, 4.69) is 24.1 Å². The van der Waals surface area contributed by atoms with Crippen LogP contribution in [-0.2, 0) is 6.42 Å². The lowest BCUT2D eigenvalue weighted by Gasteiger charge is -2.14. The number of hydrogen-bond acceptors (Lipinski definition) is 3. The van der Waals surface area contributed by atoms with Gasteiger partial charge in [0, 0.05) is 18.8 Å². The van der Waals surface area contributed by atoms with Crippen molar-refractivity contribution in [2.45, 2.75) is 52.4 Å². The lowest BCUT2D eigenvalue weighted by atomic mass is 10.0. The summed E-state index contributed by atoms with van der Waals surface area (Å²) in [6.07, 6.45) is 3.76. The van der Waals surface area contributed by atoms with Crippen molar-refractivity contribution >= 4 is 5.91 Å². The highest BCUT2D eigenvalue weighted by atomic mass is 16.3. The minimum atomic E-state index is -0.0524. The average molecular weight is 290 g/mol. The van der Waals surface area contributed by atoms with Crippen molar-refractivity contribution in [2.75, 3.05) is 13.2 Å². The summed E-state index contributed by atoms with van der Waals surface area (Å²) in [4.78, 5) is 16.9. The molecular weight excluding hydrogens is 264 g/mol. The number of aryl methyl sites for hydroxylation is 1. The molecule has 1 aliphatic rings. The average Bonchev–Trinajstić information content (AvgIpc) is 3.26. The summed E-state index contributed by atoms with van der Waals surface area (Å²) in [5, 5.41) is 12.2. The molecule has 2 rings (SSSR count). The molecule has 21 heavy (non-hydrogen) atoms. The number of amides is 1. The molecule has 1 fully saturated rings. The number of aromatic nitrogens is 1. The molecule has 1 heterocycles. The predicted molar refractivity (Wildman–Crippen MR) is 83.4 cm³/mol. The Bertz CT molecular complexity index is 508. The molecule has 0 saturated heterocycles. The summed E-state index contributed by atoms with van der Waals surface area (Å²) < 4.78 is 0. The number of aliphatic hydroxyl groups is 1. The first kappa shape index (κ1) is 16.0. The van der Waals surface area contributed by atoms with Crippen LogP contribution in [0.3, 0.4) is 0 Å². The van der Waals surface area contributed by atoms with Crippen LogP contribution in [0.5, 0.6) is 0 Å². The minimum Gasteiger partial charge on any atom is -0.396 e. The molecule has 1 aromatic rings. The SMILES string of the molecule is CCc1nc(C(C)C)ccc1C(=O)NCCC1(CO)CC1. The van der Waals surface area contributed by atoms with E-state index in [9.17, 15) is 9.90 Å². The summed E-state index contributed by atoms with van der Waals surface area (Å²) in [6, 6.07) is 3.82. The van der Waals surface area contributed by atoms with Crippen LogP contribution in [0.2, 0.25) is 0 Å². The van der Waals surface area contributed by atoms with Crippen LogP contribution in [0.4, 0.5) is 0 Å². The molecule has 0 radical (unpaired) electrons. The number of rotatable bonds is 7. The van der Waals surface area contributed by atoms with Crippen LogP contribution in [0.25, 0.3) is 0 Å². The van der Waals surface area contributed by atoms with Crippen molar-refractivity contribution in [1.29, 1.82) is 0 Å². The maximum atomic E-state index is 12.3. The van der Waals surface area contributed by atoms with Crippen LogP contribution in [0.15, 0.2) is 12.1 Å². The summed E-state index contributed by atoms with van der Waals surface area (Å²) in [5.41, 5.74) is 2.65. The molecule has 1 saturated carbocycles. The van der Waals surface area contributed by atoms with Crippen molar-refractivity contribution in [1.82, 2.24) is 10.3 Å². The molecule has 0 bridgehead atoms. The van der Waals surface area contributed by atoms with Gasteiger partial charge in [0.25, 0.3) is 5.91 Å². The van der Waals surface area contributed by atoms with Crippen molar-refractivity contribution in [3.8, 4) is 0 Å². The van der Waals surface area contributed by atoms with E-state index >= 15 is 0 Å². The molecule has 0 atom stereocenters. The Kier molecular flexibility index (Phi) is 4.99. The number of nitrogens with one attached hydrogen (secondary N) is 1. The van der Waals surface area contributed by atoms with Gasteiger partial charge in [0.2, 0.25) is 0 Å². The van der Waals surface area contributed by atoms with Crippen molar-refractivity contribution in [3.05, 3.63) is 29.1 Å². The Labute approximate surface area is 127 Å². The maximum Gasteiger partial charge on any atom is 0.253 e. The number of aliphatic hydroxyl groups excluding tert-OH is 1. The molecule has 0 aromatic carbocycles. The first-order valence-electron chi connectivity index (χ1n) is 7.90. The second kappa shape index (κ2) is 6.56. The molecule has 1 amide bonds. The highest BCUT2D eigenvalue weighted by Crippen LogP contribution is 2.47. The highest BCUT2D eigenvalue weighted by Gasteiger charge is 2.41. The van der Waals surface area contributed by atoms with Gasteiger partial charge in [0.15, 0.2) is 0 Å². The molecular formula is C17H26N2O2. The number of hydrogen-bond donors (Lipinski definition) is 2. The summed E-state index contributed by atoms with van der Waals surface area (Å²) >= 11 is 0. The monoisotopic (exact) mass is 290 g/mol. The van der Waals surface area contributed by atoms with E-state index in [4.69, 9.17) is 0 Å². The first-order chi connectivity index (χ1) is 10.0. The minimum absolute atomic E-state index is 0.0524. The van der Waals surface area contributed by atoms with E-state index in [1.807, 2.05) is 19.1 Å². The van der Waals surface area contributed by atoms with Gasteiger partial charge in [-0.05, 0) is 49.1 Å². The Balaban J connectivity index is 1.98. The fraction of sp³-hybridized carbons (Fsp3) is 0.647. The molecule has 1 aromatic heterocycles. The van der Waals surface area contributed by atoms with Gasteiger partial charge in [0.1, 0.15) is 0 Å². The third-order valence-corrected chi connectivity index (χ3v) is 4.40. The smallest absolute Gasteiger partial charge is 0.253 e. The molecule has 0 aliphatic heterocycles. The predicted octanol–water partition coefficient (Wildman–Crippen LogP) is 2.66.